The zero-order valence-electron chi connectivity index (χ0n) is 9.59. The molecule has 1 aliphatic carbocycles. The van der Waals surface area contributed by atoms with Crippen LogP contribution in [0.25, 0.3) is 0 Å². The third-order valence-electron chi connectivity index (χ3n) is 3.66. The first-order valence-corrected chi connectivity index (χ1v) is 5.67. The summed E-state index contributed by atoms with van der Waals surface area (Å²) < 4.78 is 27.4. The summed E-state index contributed by atoms with van der Waals surface area (Å²) >= 11 is 0. The van der Waals surface area contributed by atoms with Gasteiger partial charge in [-0.2, -0.15) is 0 Å². The van der Waals surface area contributed by atoms with Crippen molar-refractivity contribution in [3.63, 3.8) is 0 Å². The van der Waals surface area contributed by atoms with Crippen molar-refractivity contribution in [2.75, 3.05) is 0 Å². The highest BCUT2D eigenvalue weighted by Gasteiger charge is 2.45. The molecule has 1 aromatic rings. The van der Waals surface area contributed by atoms with Crippen LogP contribution in [0.15, 0.2) is 12.1 Å². The van der Waals surface area contributed by atoms with Crippen molar-refractivity contribution in [2.45, 2.75) is 38.0 Å². The van der Waals surface area contributed by atoms with Gasteiger partial charge in [0.1, 0.15) is 0 Å². The molecule has 4 heteroatoms. The first-order valence-electron chi connectivity index (χ1n) is 5.67. The summed E-state index contributed by atoms with van der Waals surface area (Å²) in [5.74, 6) is -3.00. The fourth-order valence-corrected chi connectivity index (χ4v) is 2.59. The number of rotatable bonds is 2. The normalized spacial score (nSPS) is 18.3. The Hall–Kier alpha value is -1.45. The maximum atomic E-state index is 13.9. The summed E-state index contributed by atoms with van der Waals surface area (Å²) in [6.45, 7) is 1.46. The number of carboxylic acids is 1. The first-order chi connectivity index (χ1) is 7.99. The molecular formula is C13H14F2O2. The molecule has 0 amide bonds. The predicted octanol–water partition coefficient (Wildman–Crippen LogP) is 3.17. The first kappa shape index (κ1) is 12.0. The summed E-state index contributed by atoms with van der Waals surface area (Å²) in [6, 6.07) is 2.85. The molecule has 1 aromatic carbocycles. The van der Waals surface area contributed by atoms with E-state index in [0.29, 0.717) is 12.8 Å². The highest BCUT2D eigenvalue weighted by atomic mass is 19.2. The average molecular weight is 240 g/mol. The quantitative estimate of drug-likeness (QED) is 0.862. The van der Waals surface area contributed by atoms with Crippen LogP contribution in [0.4, 0.5) is 8.78 Å². The Morgan fingerprint density at radius 2 is 1.82 bits per heavy atom. The minimum Gasteiger partial charge on any atom is -0.481 e. The van der Waals surface area contributed by atoms with Gasteiger partial charge in [-0.05, 0) is 25.3 Å². The Bertz CT molecular complexity index is 463. The van der Waals surface area contributed by atoms with Gasteiger partial charge in [0.2, 0.25) is 0 Å². The molecule has 1 saturated carbocycles. The zero-order valence-corrected chi connectivity index (χ0v) is 9.59. The fourth-order valence-electron chi connectivity index (χ4n) is 2.59. The van der Waals surface area contributed by atoms with Gasteiger partial charge in [0.15, 0.2) is 11.6 Å². The number of aryl methyl sites for hydroxylation is 1. The van der Waals surface area contributed by atoms with Gasteiger partial charge in [-0.1, -0.05) is 25.0 Å². The van der Waals surface area contributed by atoms with Crippen molar-refractivity contribution in [1.82, 2.24) is 0 Å². The van der Waals surface area contributed by atoms with Crippen LogP contribution in [0.2, 0.25) is 0 Å². The molecule has 0 unspecified atom stereocenters. The fraction of sp³-hybridized carbons (Fsp3) is 0.462. The van der Waals surface area contributed by atoms with Crippen LogP contribution in [-0.4, -0.2) is 11.1 Å². The van der Waals surface area contributed by atoms with Crippen LogP contribution < -0.4 is 0 Å². The van der Waals surface area contributed by atoms with Crippen molar-refractivity contribution in [1.29, 1.82) is 0 Å². The monoisotopic (exact) mass is 240 g/mol. The topological polar surface area (TPSA) is 37.3 Å². The standard InChI is InChI=1S/C13H14F2O2/c1-8-4-5-9(11(15)10(8)14)13(12(16)17)6-2-3-7-13/h4-5H,2-3,6-7H2,1H3,(H,16,17). The zero-order chi connectivity index (χ0) is 12.6. The lowest BCUT2D eigenvalue weighted by atomic mass is 9.78. The average Bonchev–Trinajstić information content (AvgIpc) is 2.76. The maximum absolute atomic E-state index is 13.9. The second-order valence-electron chi connectivity index (χ2n) is 4.65. The second-order valence-corrected chi connectivity index (χ2v) is 4.65. The Kier molecular flexibility index (Phi) is 2.89. The number of benzene rings is 1. The van der Waals surface area contributed by atoms with Crippen molar-refractivity contribution in [3.05, 3.63) is 34.9 Å². The van der Waals surface area contributed by atoms with Crippen LogP contribution in [0.3, 0.4) is 0 Å². The number of carboxylic acid groups (broad SMARTS) is 1. The molecule has 0 spiro atoms. The lowest BCUT2D eigenvalue weighted by Gasteiger charge is -2.25. The number of aliphatic carboxylic acids is 1. The van der Waals surface area contributed by atoms with Gasteiger partial charge < -0.3 is 5.11 Å². The molecule has 1 N–H and O–H groups in total. The SMILES string of the molecule is Cc1ccc(C2(C(=O)O)CCCC2)c(F)c1F. The van der Waals surface area contributed by atoms with E-state index in [4.69, 9.17) is 0 Å². The Labute approximate surface area is 98.3 Å². The molecule has 0 saturated heterocycles. The van der Waals surface area contributed by atoms with E-state index < -0.39 is 23.0 Å². The third-order valence-corrected chi connectivity index (χ3v) is 3.66. The second kappa shape index (κ2) is 4.09. The predicted molar refractivity (Wildman–Crippen MR) is 58.9 cm³/mol. The molecule has 0 aliphatic heterocycles. The van der Waals surface area contributed by atoms with E-state index in [1.807, 2.05) is 0 Å². The Morgan fingerprint density at radius 1 is 1.24 bits per heavy atom. The lowest BCUT2D eigenvalue weighted by molar-refractivity contribution is -0.143. The molecule has 0 aromatic heterocycles. The van der Waals surface area contributed by atoms with Gasteiger partial charge in [-0.3, -0.25) is 4.79 Å². The number of carbonyl (C=O) groups is 1. The molecule has 0 radical (unpaired) electrons. The number of halogens is 2. The van der Waals surface area contributed by atoms with Crippen molar-refractivity contribution in [3.8, 4) is 0 Å². The smallest absolute Gasteiger partial charge is 0.314 e. The largest absolute Gasteiger partial charge is 0.481 e. The third kappa shape index (κ3) is 1.72. The molecule has 1 fully saturated rings. The molecule has 17 heavy (non-hydrogen) atoms. The van der Waals surface area contributed by atoms with E-state index in [2.05, 4.69) is 0 Å². The maximum Gasteiger partial charge on any atom is 0.314 e. The lowest BCUT2D eigenvalue weighted by Crippen LogP contribution is -2.34. The number of hydrogen-bond donors (Lipinski definition) is 1. The van der Waals surface area contributed by atoms with E-state index in [0.717, 1.165) is 12.8 Å². The highest BCUT2D eigenvalue weighted by Crippen LogP contribution is 2.43. The molecular weight excluding hydrogens is 226 g/mol. The van der Waals surface area contributed by atoms with E-state index >= 15 is 0 Å². The van der Waals surface area contributed by atoms with Crippen LogP contribution in [-0.2, 0) is 10.2 Å². The summed E-state index contributed by atoms with van der Waals surface area (Å²) in [5, 5.41) is 9.31. The summed E-state index contributed by atoms with van der Waals surface area (Å²) in [6.07, 6.45) is 2.23. The van der Waals surface area contributed by atoms with Crippen molar-refractivity contribution >= 4 is 5.97 Å². The molecule has 0 atom stereocenters. The molecule has 1 aliphatic rings. The minimum absolute atomic E-state index is 0.00870. The molecule has 0 heterocycles. The van der Waals surface area contributed by atoms with Gasteiger partial charge in [-0.25, -0.2) is 8.78 Å². The van der Waals surface area contributed by atoms with Gasteiger partial charge in [0, 0.05) is 5.56 Å². The van der Waals surface area contributed by atoms with Gasteiger partial charge in [-0.15, -0.1) is 0 Å². The van der Waals surface area contributed by atoms with Crippen LogP contribution in [0.5, 0.6) is 0 Å². The Balaban J connectivity index is 2.59. The van der Waals surface area contributed by atoms with E-state index in [-0.39, 0.29) is 11.1 Å². The van der Waals surface area contributed by atoms with Gasteiger partial charge in [0.05, 0.1) is 5.41 Å². The molecule has 0 bridgehead atoms. The number of hydrogen-bond acceptors (Lipinski definition) is 1. The summed E-state index contributed by atoms with van der Waals surface area (Å²) in [5.41, 5.74) is -1.05. The minimum atomic E-state index is -1.24. The highest BCUT2D eigenvalue weighted by molar-refractivity contribution is 5.82. The van der Waals surface area contributed by atoms with E-state index in [1.54, 1.807) is 0 Å². The molecule has 92 valence electrons. The molecule has 2 rings (SSSR count). The van der Waals surface area contributed by atoms with Crippen LogP contribution in [0, 0.1) is 18.6 Å². The Morgan fingerprint density at radius 3 is 2.35 bits per heavy atom. The summed E-state index contributed by atoms with van der Waals surface area (Å²) in [7, 11) is 0. The molecule has 2 nitrogen and oxygen atoms in total. The van der Waals surface area contributed by atoms with Gasteiger partial charge in [0.25, 0.3) is 0 Å². The van der Waals surface area contributed by atoms with Crippen LogP contribution in [0.1, 0.15) is 36.8 Å². The van der Waals surface area contributed by atoms with E-state index in [9.17, 15) is 18.7 Å². The van der Waals surface area contributed by atoms with Crippen LogP contribution >= 0.6 is 0 Å². The van der Waals surface area contributed by atoms with E-state index in [1.165, 1.54) is 19.1 Å². The van der Waals surface area contributed by atoms with Crippen molar-refractivity contribution < 1.29 is 18.7 Å². The van der Waals surface area contributed by atoms with Crippen molar-refractivity contribution in [2.24, 2.45) is 0 Å². The summed E-state index contributed by atoms with van der Waals surface area (Å²) in [4.78, 5) is 11.4. The van der Waals surface area contributed by atoms with Gasteiger partial charge >= 0.3 is 5.97 Å².